The second kappa shape index (κ2) is 11.8. The predicted molar refractivity (Wildman–Crippen MR) is 124 cm³/mol. The molecule has 2 aliphatic heterocycles. The highest BCUT2D eigenvalue weighted by Crippen LogP contribution is 2.40. The number of alkyl halides is 6. The van der Waals surface area contributed by atoms with E-state index in [1.54, 1.807) is 12.4 Å². The molecule has 2 aromatic rings. The summed E-state index contributed by atoms with van der Waals surface area (Å²) in [6.45, 7) is 1.92. The first-order chi connectivity index (χ1) is 18.5. The minimum atomic E-state index is -5.08. The van der Waals surface area contributed by atoms with E-state index in [0.717, 1.165) is 29.5 Å². The molecule has 2 aromatic heterocycles. The van der Waals surface area contributed by atoms with E-state index in [-0.39, 0.29) is 11.7 Å². The van der Waals surface area contributed by atoms with Crippen molar-refractivity contribution >= 4 is 33.5 Å². The first-order valence-electron chi connectivity index (χ1n) is 11.4. The third kappa shape index (κ3) is 8.12. The largest absolute Gasteiger partial charge is 0.490 e. The lowest BCUT2D eigenvalue weighted by Crippen LogP contribution is -2.35. The SMILES string of the molecule is O=C(O)C(F)(F)F.O=C(O)C(F)(F)F.O=S1(=O)Cc2cnc(NCC3CC3)nc2[C@H]2CN(c3ccncn3)C[C@H]21. The number of anilines is 2. The summed E-state index contributed by atoms with van der Waals surface area (Å²) in [6, 6.07) is 1.81. The van der Waals surface area contributed by atoms with E-state index in [1.165, 1.54) is 19.2 Å². The van der Waals surface area contributed by atoms with Crippen molar-refractivity contribution in [2.24, 2.45) is 5.92 Å². The molecule has 2 atom stereocenters. The van der Waals surface area contributed by atoms with Crippen LogP contribution in [-0.2, 0) is 25.2 Å². The van der Waals surface area contributed by atoms with E-state index in [4.69, 9.17) is 24.8 Å². The number of fused-ring (bicyclic) bond motifs is 3. The molecule has 3 N–H and O–H groups in total. The number of halogens is 6. The van der Waals surface area contributed by atoms with Crippen LogP contribution in [0.25, 0.3) is 0 Å². The van der Waals surface area contributed by atoms with Crippen LogP contribution >= 0.6 is 0 Å². The van der Waals surface area contributed by atoms with Gasteiger partial charge in [-0.3, -0.25) is 0 Å². The van der Waals surface area contributed by atoms with Crippen molar-refractivity contribution in [3.05, 3.63) is 36.0 Å². The molecule has 40 heavy (non-hydrogen) atoms. The zero-order valence-corrected chi connectivity index (χ0v) is 21.0. The summed E-state index contributed by atoms with van der Waals surface area (Å²) < 4.78 is 89.0. The van der Waals surface area contributed by atoms with Gasteiger partial charge >= 0.3 is 24.3 Å². The van der Waals surface area contributed by atoms with E-state index in [9.17, 15) is 34.8 Å². The van der Waals surface area contributed by atoms with E-state index < -0.39 is 39.4 Å². The van der Waals surface area contributed by atoms with Gasteiger partial charge in [0.25, 0.3) is 0 Å². The number of sulfone groups is 1. The topological polar surface area (TPSA) is 176 Å². The monoisotopic (exact) mass is 600 g/mol. The Morgan fingerprint density at radius 2 is 1.62 bits per heavy atom. The average molecular weight is 600 g/mol. The van der Waals surface area contributed by atoms with Gasteiger partial charge in [-0.15, -0.1) is 0 Å². The van der Waals surface area contributed by atoms with Gasteiger partial charge in [0.2, 0.25) is 5.95 Å². The van der Waals surface area contributed by atoms with Gasteiger partial charge in [0.15, 0.2) is 9.84 Å². The molecule has 1 aliphatic carbocycles. The summed E-state index contributed by atoms with van der Waals surface area (Å²) >= 11 is 0. The fourth-order valence-electron chi connectivity index (χ4n) is 3.88. The quantitative estimate of drug-likeness (QED) is 0.437. The standard InChI is InChI=1S/C17H20N6O2S.2C2HF3O2/c24-26(25)9-12-6-20-17(19-5-11-1-2-11)22-16(12)13-7-23(8-14(13)26)15-3-4-18-10-21-15;2*3-2(4,5)1(6)7/h3-4,6,10-11,13-14H,1-2,5,7-9H2,(H,19,20,22);2*(H,6,7)/t13-,14+;;/m0../s1. The number of hydrogen-bond acceptors (Lipinski definition) is 10. The number of carbonyl (C=O) groups is 2. The molecular weight excluding hydrogens is 578 g/mol. The normalized spacial score (nSPS) is 21.0. The number of nitrogens with zero attached hydrogens (tertiary/aromatic N) is 5. The van der Waals surface area contributed by atoms with Crippen molar-refractivity contribution in [1.82, 2.24) is 19.9 Å². The van der Waals surface area contributed by atoms with Crippen LogP contribution in [0.4, 0.5) is 38.1 Å². The summed E-state index contributed by atoms with van der Waals surface area (Å²) in [5, 5.41) is 17.1. The maximum Gasteiger partial charge on any atom is 0.490 e. The fraction of sp³-hybridized carbons (Fsp3) is 0.524. The molecule has 0 aromatic carbocycles. The minimum absolute atomic E-state index is 0.0179. The number of carboxylic acid groups (broad SMARTS) is 2. The zero-order valence-electron chi connectivity index (χ0n) is 20.2. The third-order valence-electron chi connectivity index (χ3n) is 5.95. The van der Waals surface area contributed by atoms with Crippen LogP contribution in [0.3, 0.4) is 0 Å². The number of aromatic nitrogens is 4. The second-order valence-corrected chi connectivity index (χ2v) is 11.2. The molecule has 2 fully saturated rings. The average Bonchev–Trinajstić information content (AvgIpc) is 3.57. The molecule has 1 saturated heterocycles. The highest BCUT2D eigenvalue weighted by Gasteiger charge is 2.48. The Hall–Kier alpha value is -3.77. The number of aliphatic carboxylic acids is 2. The first-order valence-corrected chi connectivity index (χ1v) is 13.1. The molecule has 0 radical (unpaired) electrons. The number of carboxylic acids is 2. The molecular formula is C21H22F6N6O6S. The highest BCUT2D eigenvalue weighted by molar-refractivity contribution is 7.91. The summed E-state index contributed by atoms with van der Waals surface area (Å²) in [5.41, 5.74) is 1.60. The predicted octanol–water partition coefficient (Wildman–Crippen LogP) is 2.26. The number of nitrogens with one attached hydrogen (secondary N) is 1. The van der Waals surface area contributed by atoms with Crippen LogP contribution in [-0.4, -0.2) is 87.7 Å². The maximum atomic E-state index is 12.8. The molecule has 12 nitrogen and oxygen atoms in total. The molecule has 5 rings (SSSR count). The van der Waals surface area contributed by atoms with Crippen LogP contribution in [0.2, 0.25) is 0 Å². The van der Waals surface area contributed by atoms with E-state index in [0.29, 0.717) is 19.0 Å². The van der Waals surface area contributed by atoms with Crippen LogP contribution in [0.15, 0.2) is 24.8 Å². The van der Waals surface area contributed by atoms with Crippen molar-refractivity contribution in [2.75, 3.05) is 29.9 Å². The molecule has 0 amide bonds. The van der Waals surface area contributed by atoms with E-state index in [1.807, 2.05) is 11.0 Å². The Balaban J connectivity index is 0.000000263. The molecule has 220 valence electrons. The van der Waals surface area contributed by atoms with Gasteiger partial charge in [-0.1, -0.05) is 0 Å². The Labute approximate surface area is 222 Å². The molecule has 4 heterocycles. The molecule has 0 spiro atoms. The van der Waals surface area contributed by atoms with Gasteiger partial charge in [-0.2, -0.15) is 26.3 Å². The Morgan fingerprint density at radius 3 is 2.12 bits per heavy atom. The molecule has 1 saturated carbocycles. The van der Waals surface area contributed by atoms with Gasteiger partial charge in [-0.05, 0) is 24.8 Å². The van der Waals surface area contributed by atoms with Crippen LogP contribution < -0.4 is 10.2 Å². The smallest absolute Gasteiger partial charge is 0.475 e. The van der Waals surface area contributed by atoms with Gasteiger partial charge in [0.1, 0.15) is 12.1 Å². The molecule has 0 unspecified atom stereocenters. The van der Waals surface area contributed by atoms with Crippen molar-refractivity contribution < 1.29 is 54.6 Å². The molecule has 0 bridgehead atoms. The Kier molecular flexibility index (Phi) is 9.05. The maximum absolute atomic E-state index is 12.8. The summed E-state index contributed by atoms with van der Waals surface area (Å²) in [4.78, 5) is 37.0. The van der Waals surface area contributed by atoms with Crippen molar-refractivity contribution in [1.29, 1.82) is 0 Å². The lowest BCUT2D eigenvalue weighted by Gasteiger charge is -2.26. The van der Waals surface area contributed by atoms with E-state index >= 15 is 0 Å². The number of hydrogen-bond donors (Lipinski definition) is 3. The number of rotatable bonds is 4. The van der Waals surface area contributed by atoms with Gasteiger partial charge in [0.05, 0.1) is 16.7 Å². The molecule has 3 aliphatic rings. The third-order valence-corrected chi connectivity index (χ3v) is 8.07. The lowest BCUT2D eigenvalue weighted by atomic mass is 10.00. The lowest BCUT2D eigenvalue weighted by molar-refractivity contribution is -0.193. The first kappa shape index (κ1) is 30.8. The summed E-state index contributed by atoms with van der Waals surface area (Å²) in [7, 11) is -3.23. The summed E-state index contributed by atoms with van der Waals surface area (Å²) in [5.74, 6) is -3.56. The van der Waals surface area contributed by atoms with Crippen molar-refractivity contribution in [3.63, 3.8) is 0 Å². The van der Waals surface area contributed by atoms with Crippen molar-refractivity contribution in [3.8, 4) is 0 Å². The van der Waals surface area contributed by atoms with Crippen LogP contribution in [0.5, 0.6) is 0 Å². The van der Waals surface area contributed by atoms with Crippen LogP contribution in [0, 0.1) is 5.92 Å². The van der Waals surface area contributed by atoms with E-state index in [2.05, 4.69) is 20.3 Å². The Bertz CT molecular complexity index is 1300. The molecule has 19 heteroatoms. The Morgan fingerprint density at radius 1 is 1.02 bits per heavy atom. The van der Waals surface area contributed by atoms with Crippen LogP contribution in [0.1, 0.15) is 30.0 Å². The fourth-order valence-corrected chi connectivity index (χ4v) is 5.87. The minimum Gasteiger partial charge on any atom is -0.475 e. The summed E-state index contributed by atoms with van der Waals surface area (Å²) in [6.07, 6.45) is -2.81. The second-order valence-electron chi connectivity index (χ2n) is 8.96. The van der Waals surface area contributed by atoms with Gasteiger partial charge < -0.3 is 20.4 Å². The van der Waals surface area contributed by atoms with Crippen molar-refractivity contribution in [2.45, 2.75) is 42.1 Å². The van der Waals surface area contributed by atoms with Gasteiger partial charge in [0, 0.05) is 43.5 Å². The van der Waals surface area contributed by atoms with Gasteiger partial charge in [-0.25, -0.2) is 37.9 Å². The highest BCUT2D eigenvalue weighted by atomic mass is 32.2. The zero-order chi connectivity index (χ0) is 29.9.